The van der Waals surface area contributed by atoms with E-state index in [1.54, 1.807) is 0 Å². The first kappa shape index (κ1) is 14.3. The lowest BCUT2D eigenvalue weighted by Gasteiger charge is -2.04. The highest BCUT2D eigenvalue weighted by Gasteiger charge is 1.95. The summed E-state index contributed by atoms with van der Waals surface area (Å²) in [5.41, 5.74) is 3.00. The molecule has 0 atom stereocenters. The molecule has 0 radical (unpaired) electrons. The van der Waals surface area contributed by atoms with Gasteiger partial charge in [-0.05, 0) is 30.4 Å². The summed E-state index contributed by atoms with van der Waals surface area (Å²) in [6.07, 6.45) is 12.2. The van der Waals surface area contributed by atoms with Crippen molar-refractivity contribution in [1.82, 2.24) is 0 Å². The molecule has 0 amide bonds. The molecule has 0 aliphatic rings. The van der Waals surface area contributed by atoms with E-state index in [1.807, 2.05) is 0 Å². The Labute approximate surface area is 107 Å². The van der Waals surface area contributed by atoms with E-state index in [0.717, 1.165) is 6.42 Å². The Hall–Kier alpha value is -0.780. The van der Waals surface area contributed by atoms with Crippen LogP contribution in [0.25, 0.3) is 0 Å². The van der Waals surface area contributed by atoms with Gasteiger partial charge in [-0.2, -0.15) is 0 Å². The lowest BCUT2D eigenvalue weighted by molar-refractivity contribution is 0.589. The molecule has 0 nitrogen and oxygen atoms in total. The predicted molar refractivity (Wildman–Crippen MR) is 77.5 cm³/mol. The molecule has 0 saturated heterocycles. The fourth-order valence-electron chi connectivity index (χ4n) is 2.29. The summed E-state index contributed by atoms with van der Waals surface area (Å²) in [7, 11) is 0. The Bertz CT molecular complexity index is 288. The third-order valence-electron chi connectivity index (χ3n) is 3.47. The third-order valence-corrected chi connectivity index (χ3v) is 3.47. The van der Waals surface area contributed by atoms with Gasteiger partial charge < -0.3 is 0 Å². The maximum atomic E-state index is 2.37. The van der Waals surface area contributed by atoms with E-state index in [1.165, 1.54) is 62.5 Å². The second-order valence-electron chi connectivity index (χ2n) is 5.04. The van der Waals surface area contributed by atoms with Crippen LogP contribution in [-0.2, 0) is 12.8 Å². The van der Waals surface area contributed by atoms with E-state index in [0.29, 0.717) is 0 Å². The van der Waals surface area contributed by atoms with E-state index >= 15 is 0 Å². The van der Waals surface area contributed by atoms with Gasteiger partial charge in [0.2, 0.25) is 0 Å². The Morgan fingerprint density at radius 3 is 2.12 bits per heavy atom. The molecule has 0 heteroatoms. The topological polar surface area (TPSA) is 0 Å². The van der Waals surface area contributed by atoms with Crippen LogP contribution in [0.2, 0.25) is 0 Å². The first-order valence-electron chi connectivity index (χ1n) is 7.44. The average Bonchev–Trinajstić information content (AvgIpc) is 2.38. The summed E-state index contributed by atoms with van der Waals surface area (Å²) < 4.78 is 0. The number of unbranched alkanes of at least 4 members (excludes halogenated alkanes) is 6. The summed E-state index contributed by atoms with van der Waals surface area (Å²) in [5.74, 6) is 0. The van der Waals surface area contributed by atoms with Gasteiger partial charge in [0.05, 0.1) is 0 Å². The second kappa shape index (κ2) is 9.27. The van der Waals surface area contributed by atoms with E-state index in [-0.39, 0.29) is 0 Å². The zero-order valence-electron chi connectivity index (χ0n) is 11.7. The third kappa shape index (κ3) is 6.51. The molecular formula is C17H28. The number of hydrogen-bond acceptors (Lipinski definition) is 0. The molecule has 0 saturated carbocycles. The van der Waals surface area contributed by atoms with Gasteiger partial charge >= 0.3 is 0 Å². The normalized spacial score (nSPS) is 10.7. The van der Waals surface area contributed by atoms with Crippen LogP contribution < -0.4 is 0 Å². The predicted octanol–water partition coefficient (Wildman–Crippen LogP) is 5.54. The number of aryl methyl sites for hydroxylation is 2. The zero-order valence-corrected chi connectivity index (χ0v) is 11.7. The van der Waals surface area contributed by atoms with Crippen molar-refractivity contribution in [2.45, 2.75) is 71.6 Å². The molecule has 17 heavy (non-hydrogen) atoms. The summed E-state index contributed by atoms with van der Waals surface area (Å²) in [5, 5.41) is 0. The first-order valence-corrected chi connectivity index (χ1v) is 7.44. The lowest BCUT2D eigenvalue weighted by atomic mass is 10.0. The average molecular weight is 232 g/mol. The number of rotatable bonds is 9. The van der Waals surface area contributed by atoms with Gasteiger partial charge in [-0.25, -0.2) is 0 Å². The molecule has 0 aromatic heterocycles. The van der Waals surface area contributed by atoms with Crippen molar-refractivity contribution in [2.75, 3.05) is 0 Å². The van der Waals surface area contributed by atoms with E-state index < -0.39 is 0 Å². The molecule has 0 aliphatic carbocycles. The highest BCUT2D eigenvalue weighted by atomic mass is 14.0. The minimum atomic E-state index is 1.16. The van der Waals surface area contributed by atoms with Crippen LogP contribution in [-0.4, -0.2) is 0 Å². The molecule has 1 aromatic rings. The minimum Gasteiger partial charge on any atom is -0.0654 e. The van der Waals surface area contributed by atoms with E-state index in [4.69, 9.17) is 0 Å². The highest BCUT2D eigenvalue weighted by Crippen LogP contribution is 2.12. The molecule has 1 aromatic carbocycles. The van der Waals surface area contributed by atoms with Crippen molar-refractivity contribution in [2.24, 2.45) is 0 Å². The summed E-state index contributed by atoms with van der Waals surface area (Å²) in [6, 6.07) is 9.08. The Morgan fingerprint density at radius 2 is 1.41 bits per heavy atom. The van der Waals surface area contributed by atoms with Crippen LogP contribution in [0.15, 0.2) is 24.3 Å². The summed E-state index contributed by atoms with van der Waals surface area (Å²) >= 11 is 0. The number of hydrogen-bond donors (Lipinski definition) is 0. The molecular weight excluding hydrogens is 204 g/mol. The molecule has 0 unspecified atom stereocenters. The smallest absolute Gasteiger partial charge is 0.0279 e. The summed E-state index contributed by atoms with van der Waals surface area (Å²) in [4.78, 5) is 0. The van der Waals surface area contributed by atoms with Gasteiger partial charge in [0.25, 0.3) is 0 Å². The van der Waals surface area contributed by atoms with Crippen molar-refractivity contribution in [3.05, 3.63) is 35.4 Å². The Kier molecular flexibility index (Phi) is 7.79. The van der Waals surface area contributed by atoms with Crippen molar-refractivity contribution in [3.63, 3.8) is 0 Å². The quantitative estimate of drug-likeness (QED) is 0.490. The van der Waals surface area contributed by atoms with E-state index in [2.05, 4.69) is 38.1 Å². The van der Waals surface area contributed by atoms with Crippen LogP contribution >= 0.6 is 0 Å². The van der Waals surface area contributed by atoms with Crippen molar-refractivity contribution in [3.8, 4) is 0 Å². The van der Waals surface area contributed by atoms with Crippen LogP contribution in [0.4, 0.5) is 0 Å². The van der Waals surface area contributed by atoms with E-state index in [9.17, 15) is 0 Å². The minimum absolute atomic E-state index is 1.16. The molecule has 96 valence electrons. The molecule has 0 heterocycles. The molecule has 0 spiro atoms. The lowest BCUT2D eigenvalue weighted by Crippen LogP contribution is -1.88. The van der Waals surface area contributed by atoms with Crippen LogP contribution in [0.1, 0.15) is 69.9 Å². The maximum absolute atomic E-state index is 2.37. The Morgan fingerprint density at radius 1 is 0.765 bits per heavy atom. The Balaban J connectivity index is 2.09. The van der Waals surface area contributed by atoms with Crippen molar-refractivity contribution >= 4 is 0 Å². The summed E-state index contributed by atoms with van der Waals surface area (Å²) in [6.45, 7) is 4.51. The molecule has 0 N–H and O–H groups in total. The first-order chi connectivity index (χ1) is 8.36. The van der Waals surface area contributed by atoms with Gasteiger partial charge in [0.1, 0.15) is 0 Å². The standard InChI is InChI=1S/C17H28/c1-3-5-6-7-8-9-10-12-17-14-11-13-16(4-2)15-17/h11,13-15H,3-10,12H2,1-2H3. The van der Waals surface area contributed by atoms with Gasteiger partial charge in [-0.1, -0.05) is 76.6 Å². The van der Waals surface area contributed by atoms with Crippen LogP contribution in [0.3, 0.4) is 0 Å². The fraction of sp³-hybridized carbons (Fsp3) is 0.647. The monoisotopic (exact) mass is 232 g/mol. The SMILES string of the molecule is CCCCCCCCCc1cccc(CC)c1. The van der Waals surface area contributed by atoms with Crippen LogP contribution in [0.5, 0.6) is 0 Å². The van der Waals surface area contributed by atoms with Crippen LogP contribution in [0, 0.1) is 0 Å². The fourth-order valence-corrected chi connectivity index (χ4v) is 2.29. The zero-order chi connectivity index (χ0) is 12.3. The maximum Gasteiger partial charge on any atom is -0.0279 e. The van der Waals surface area contributed by atoms with Crippen molar-refractivity contribution < 1.29 is 0 Å². The van der Waals surface area contributed by atoms with Crippen molar-refractivity contribution in [1.29, 1.82) is 0 Å². The largest absolute Gasteiger partial charge is 0.0654 e. The molecule has 0 fully saturated rings. The van der Waals surface area contributed by atoms with Gasteiger partial charge in [-0.3, -0.25) is 0 Å². The second-order valence-corrected chi connectivity index (χ2v) is 5.04. The molecule has 0 aliphatic heterocycles. The van der Waals surface area contributed by atoms with Gasteiger partial charge in [0, 0.05) is 0 Å². The van der Waals surface area contributed by atoms with Gasteiger partial charge in [0.15, 0.2) is 0 Å². The molecule has 1 rings (SSSR count). The highest BCUT2D eigenvalue weighted by molar-refractivity contribution is 5.23. The molecule has 0 bridgehead atoms. The number of benzene rings is 1. The van der Waals surface area contributed by atoms with Gasteiger partial charge in [-0.15, -0.1) is 0 Å².